The summed E-state index contributed by atoms with van der Waals surface area (Å²) in [5.74, 6) is 0.495. The van der Waals surface area contributed by atoms with Crippen LogP contribution in [0.15, 0.2) is 48.5 Å². The number of carbonyl (C=O) groups excluding carboxylic acids is 1. The fourth-order valence-corrected chi connectivity index (χ4v) is 2.37. The summed E-state index contributed by atoms with van der Waals surface area (Å²) in [6, 6.07) is 15.0. The number of benzene rings is 2. The monoisotopic (exact) mass is 317 g/mol. The van der Waals surface area contributed by atoms with Crippen LogP contribution in [0.4, 0.5) is 5.69 Å². The molecule has 0 saturated heterocycles. The van der Waals surface area contributed by atoms with E-state index in [0.29, 0.717) is 0 Å². The van der Waals surface area contributed by atoms with Gasteiger partial charge in [0.25, 0.3) is 0 Å². The van der Waals surface area contributed by atoms with Gasteiger partial charge in [0.05, 0.1) is 7.11 Å². The highest BCUT2D eigenvalue weighted by Crippen LogP contribution is 2.24. The Kier molecular flexibility index (Phi) is 5.84. The number of ether oxygens (including phenoxy) is 1. The second kappa shape index (κ2) is 7.85. The molecule has 3 nitrogen and oxygen atoms in total. The Morgan fingerprint density at radius 3 is 2.32 bits per heavy atom. The van der Waals surface area contributed by atoms with Crippen LogP contribution in [0, 0.1) is 0 Å². The molecule has 1 unspecified atom stereocenters. The molecule has 0 bridgehead atoms. The molecule has 0 radical (unpaired) electrons. The lowest BCUT2D eigenvalue weighted by molar-refractivity contribution is -0.116. The zero-order valence-corrected chi connectivity index (χ0v) is 13.6. The first-order valence-electron chi connectivity index (χ1n) is 7.32. The number of alkyl halides is 1. The molecule has 0 fully saturated rings. The highest BCUT2D eigenvalue weighted by molar-refractivity contribution is 6.32. The second-order valence-corrected chi connectivity index (χ2v) is 5.51. The predicted molar refractivity (Wildman–Crippen MR) is 90.7 cm³/mol. The average Bonchev–Trinajstić information content (AvgIpc) is 2.56. The van der Waals surface area contributed by atoms with Crippen molar-refractivity contribution in [1.29, 1.82) is 0 Å². The predicted octanol–water partition coefficient (Wildman–Crippen LogP) is 4.57. The van der Waals surface area contributed by atoms with Crippen molar-refractivity contribution in [2.24, 2.45) is 0 Å². The van der Waals surface area contributed by atoms with E-state index in [9.17, 15) is 4.79 Å². The molecule has 0 aromatic heterocycles. The smallest absolute Gasteiger partial charge is 0.246 e. The van der Waals surface area contributed by atoms with Crippen molar-refractivity contribution >= 4 is 23.2 Å². The van der Waals surface area contributed by atoms with Gasteiger partial charge in [0.15, 0.2) is 0 Å². The maximum atomic E-state index is 12.2. The number of hydrogen-bond donors (Lipinski definition) is 1. The summed E-state index contributed by atoms with van der Waals surface area (Å²) >= 11 is 6.23. The molecule has 0 saturated carbocycles. The molecule has 1 atom stereocenters. The highest BCUT2D eigenvalue weighted by atomic mass is 35.5. The molecule has 2 aromatic rings. The van der Waals surface area contributed by atoms with Crippen molar-refractivity contribution < 1.29 is 9.53 Å². The molecular weight excluding hydrogens is 298 g/mol. The van der Waals surface area contributed by atoms with Crippen molar-refractivity contribution in [3.63, 3.8) is 0 Å². The van der Waals surface area contributed by atoms with E-state index in [1.165, 1.54) is 5.56 Å². The fraction of sp³-hybridized carbons (Fsp3) is 0.278. The van der Waals surface area contributed by atoms with Crippen LogP contribution in [-0.2, 0) is 11.2 Å². The summed E-state index contributed by atoms with van der Waals surface area (Å²) in [6.07, 6.45) is 2.14. The lowest BCUT2D eigenvalue weighted by Crippen LogP contribution is -2.17. The van der Waals surface area contributed by atoms with E-state index in [-0.39, 0.29) is 5.91 Å². The number of anilines is 1. The van der Waals surface area contributed by atoms with Gasteiger partial charge in [0.2, 0.25) is 5.91 Å². The van der Waals surface area contributed by atoms with Crippen LogP contribution in [0.2, 0.25) is 0 Å². The van der Waals surface area contributed by atoms with Gasteiger partial charge in [-0.3, -0.25) is 4.79 Å². The fourth-order valence-electron chi connectivity index (χ4n) is 2.17. The molecule has 22 heavy (non-hydrogen) atoms. The van der Waals surface area contributed by atoms with Gasteiger partial charge >= 0.3 is 0 Å². The van der Waals surface area contributed by atoms with Crippen LogP contribution in [0.1, 0.15) is 29.8 Å². The van der Waals surface area contributed by atoms with Crippen LogP contribution in [0.25, 0.3) is 0 Å². The third-order valence-corrected chi connectivity index (χ3v) is 3.85. The molecule has 1 amide bonds. The zero-order valence-electron chi connectivity index (χ0n) is 12.8. The minimum atomic E-state index is -0.735. The Morgan fingerprint density at radius 2 is 1.77 bits per heavy atom. The number of aryl methyl sites for hydroxylation is 1. The topological polar surface area (TPSA) is 38.3 Å². The Hall–Kier alpha value is -2.00. The van der Waals surface area contributed by atoms with E-state index >= 15 is 0 Å². The molecule has 0 aliphatic carbocycles. The molecule has 1 N–H and O–H groups in total. The van der Waals surface area contributed by atoms with Crippen molar-refractivity contribution in [3.05, 3.63) is 59.7 Å². The number of nitrogens with one attached hydrogen (secondary N) is 1. The molecule has 0 aliphatic rings. The highest BCUT2D eigenvalue weighted by Gasteiger charge is 2.17. The van der Waals surface area contributed by atoms with Gasteiger partial charge in [-0.1, -0.05) is 37.6 Å². The number of methoxy groups -OCH3 is 1. The molecule has 116 valence electrons. The molecular formula is C18H20ClNO2. The van der Waals surface area contributed by atoms with E-state index in [1.807, 2.05) is 24.3 Å². The normalized spacial score (nSPS) is 11.8. The molecule has 0 spiro atoms. The molecule has 2 rings (SSSR count). The number of amides is 1. The third-order valence-electron chi connectivity index (χ3n) is 3.40. The van der Waals surface area contributed by atoms with Crippen LogP contribution in [0.5, 0.6) is 5.75 Å². The van der Waals surface area contributed by atoms with Crippen LogP contribution < -0.4 is 10.1 Å². The minimum Gasteiger partial charge on any atom is -0.497 e. The van der Waals surface area contributed by atoms with E-state index < -0.39 is 5.38 Å². The van der Waals surface area contributed by atoms with E-state index in [1.54, 1.807) is 31.4 Å². The molecule has 2 aromatic carbocycles. The molecule has 4 heteroatoms. The summed E-state index contributed by atoms with van der Waals surface area (Å²) in [6.45, 7) is 2.14. The number of hydrogen-bond acceptors (Lipinski definition) is 2. The summed E-state index contributed by atoms with van der Waals surface area (Å²) in [4.78, 5) is 12.2. The van der Waals surface area contributed by atoms with Gasteiger partial charge in [-0.05, 0) is 41.8 Å². The van der Waals surface area contributed by atoms with Gasteiger partial charge in [0.1, 0.15) is 11.1 Å². The third kappa shape index (κ3) is 4.25. The van der Waals surface area contributed by atoms with E-state index in [4.69, 9.17) is 16.3 Å². The second-order valence-electron chi connectivity index (χ2n) is 5.07. The lowest BCUT2D eigenvalue weighted by Gasteiger charge is -2.12. The number of halogens is 1. The van der Waals surface area contributed by atoms with Gasteiger partial charge in [-0.2, -0.15) is 0 Å². The standard InChI is InChI=1S/C18H20ClNO2/c1-3-4-13-5-9-15(10-6-13)20-18(21)17(19)14-7-11-16(22-2)12-8-14/h5-12,17H,3-4H2,1-2H3,(H,20,21). The van der Waals surface area contributed by atoms with Crippen molar-refractivity contribution in [2.75, 3.05) is 12.4 Å². The largest absolute Gasteiger partial charge is 0.497 e. The Labute approximate surface area is 136 Å². The Balaban J connectivity index is 2.00. The zero-order chi connectivity index (χ0) is 15.9. The van der Waals surface area contributed by atoms with Crippen LogP contribution in [-0.4, -0.2) is 13.0 Å². The minimum absolute atomic E-state index is 0.241. The summed E-state index contributed by atoms with van der Waals surface area (Å²) < 4.78 is 5.09. The SMILES string of the molecule is CCCc1ccc(NC(=O)C(Cl)c2ccc(OC)cc2)cc1. The van der Waals surface area contributed by atoms with Gasteiger partial charge in [-0.25, -0.2) is 0 Å². The van der Waals surface area contributed by atoms with Crippen molar-refractivity contribution in [2.45, 2.75) is 25.1 Å². The van der Waals surface area contributed by atoms with Gasteiger partial charge in [0, 0.05) is 5.69 Å². The summed E-state index contributed by atoms with van der Waals surface area (Å²) in [5, 5.41) is 2.10. The van der Waals surface area contributed by atoms with E-state index in [2.05, 4.69) is 12.2 Å². The Bertz CT molecular complexity index is 608. The number of rotatable bonds is 6. The number of carbonyl (C=O) groups is 1. The van der Waals surface area contributed by atoms with Gasteiger partial charge < -0.3 is 10.1 Å². The van der Waals surface area contributed by atoms with Crippen molar-refractivity contribution in [3.8, 4) is 5.75 Å². The molecule has 0 aliphatic heterocycles. The first kappa shape index (κ1) is 16.4. The lowest BCUT2D eigenvalue weighted by atomic mass is 10.1. The summed E-state index contributed by atoms with van der Waals surface area (Å²) in [5.41, 5.74) is 2.75. The average molecular weight is 318 g/mol. The van der Waals surface area contributed by atoms with Gasteiger partial charge in [-0.15, -0.1) is 11.6 Å². The van der Waals surface area contributed by atoms with Crippen molar-refractivity contribution in [1.82, 2.24) is 0 Å². The van der Waals surface area contributed by atoms with Crippen LogP contribution >= 0.6 is 11.6 Å². The Morgan fingerprint density at radius 1 is 1.14 bits per heavy atom. The molecule has 0 heterocycles. The maximum Gasteiger partial charge on any atom is 0.246 e. The first-order valence-corrected chi connectivity index (χ1v) is 7.75. The van der Waals surface area contributed by atoms with E-state index in [0.717, 1.165) is 29.8 Å². The summed E-state index contributed by atoms with van der Waals surface area (Å²) in [7, 11) is 1.60. The quantitative estimate of drug-likeness (QED) is 0.793. The van der Waals surface area contributed by atoms with Crippen LogP contribution in [0.3, 0.4) is 0 Å². The first-order chi connectivity index (χ1) is 10.6. The maximum absolute atomic E-state index is 12.2.